The Balaban J connectivity index is 1.56. The van der Waals surface area contributed by atoms with Crippen LogP contribution in [0.4, 0.5) is 5.13 Å². The Labute approximate surface area is 158 Å². The first-order valence-corrected chi connectivity index (χ1v) is 8.86. The first kappa shape index (κ1) is 17.7. The van der Waals surface area contributed by atoms with E-state index in [1.165, 1.54) is 17.6 Å². The van der Waals surface area contributed by atoms with Crippen molar-refractivity contribution < 1.29 is 9.63 Å². The number of halogens is 2. The van der Waals surface area contributed by atoms with Gasteiger partial charge in [-0.05, 0) is 36.8 Å². The molecule has 0 aliphatic heterocycles. The normalized spacial score (nSPS) is 11.2. The van der Waals surface area contributed by atoms with Crippen LogP contribution in [0.5, 0.6) is 0 Å². The third-order valence-corrected chi connectivity index (χ3v) is 4.83. The fourth-order valence-electron chi connectivity index (χ4n) is 2.06. The van der Waals surface area contributed by atoms with E-state index < -0.39 is 0 Å². The first-order valence-electron chi connectivity index (χ1n) is 7.29. The molecule has 0 fully saturated rings. The fourth-order valence-corrected chi connectivity index (χ4v) is 3.54. The highest BCUT2D eigenvalue weighted by molar-refractivity contribution is 7.22. The van der Waals surface area contributed by atoms with Gasteiger partial charge < -0.3 is 4.84 Å². The summed E-state index contributed by atoms with van der Waals surface area (Å²) in [5.41, 5.74) is 2.52. The molecule has 25 heavy (non-hydrogen) atoms. The van der Waals surface area contributed by atoms with E-state index >= 15 is 0 Å². The third-order valence-electron chi connectivity index (χ3n) is 3.24. The molecule has 0 bridgehead atoms. The summed E-state index contributed by atoms with van der Waals surface area (Å²) in [6.07, 6.45) is 1.37. The van der Waals surface area contributed by atoms with Gasteiger partial charge in [0, 0.05) is 5.56 Å². The van der Waals surface area contributed by atoms with E-state index in [4.69, 9.17) is 28.0 Å². The van der Waals surface area contributed by atoms with Crippen LogP contribution in [0.25, 0.3) is 10.2 Å². The predicted molar refractivity (Wildman–Crippen MR) is 103 cm³/mol. The number of aryl methyl sites for hydroxylation is 1. The second-order valence-corrected chi connectivity index (χ2v) is 7.03. The van der Waals surface area contributed by atoms with Gasteiger partial charge in [0.2, 0.25) is 0 Å². The summed E-state index contributed by atoms with van der Waals surface area (Å²) in [7, 11) is 0. The van der Waals surface area contributed by atoms with E-state index in [1.807, 2.05) is 25.1 Å². The maximum Gasteiger partial charge on any atom is 0.266 e. The summed E-state index contributed by atoms with van der Waals surface area (Å²) in [6.45, 7) is 1.77. The van der Waals surface area contributed by atoms with Gasteiger partial charge in [-0.15, -0.1) is 0 Å². The van der Waals surface area contributed by atoms with Crippen molar-refractivity contribution >= 4 is 62.0 Å². The number of carbonyl (C=O) groups excluding carboxylic acids is 1. The van der Waals surface area contributed by atoms with Crippen molar-refractivity contribution in [1.82, 2.24) is 4.98 Å². The van der Waals surface area contributed by atoms with Gasteiger partial charge in [-0.2, -0.15) is 0 Å². The number of aromatic nitrogens is 1. The summed E-state index contributed by atoms with van der Waals surface area (Å²) < 4.78 is 1.02. The lowest BCUT2D eigenvalue weighted by molar-refractivity contribution is -0.120. The Morgan fingerprint density at radius 1 is 1.32 bits per heavy atom. The smallest absolute Gasteiger partial charge is 0.266 e. The van der Waals surface area contributed by atoms with Crippen LogP contribution >= 0.6 is 34.5 Å². The molecule has 5 nitrogen and oxygen atoms in total. The number of nitrogens with one attached hydrogen (secondary N) is 1. The van der Waals surface area contributed by atoms with Gasteiger partial charge in [0.05, 0.1) is 26.5 Å². The number of oxime groups is 1. The van der Waals surface area contributed by atoms with E-state index in [0.29, 0.717) is 20.7 Å². The number of benzene rings is 2. The second kappa shape index (κ2) is 7.82. The van der Waals surface area contributed by atoms with Crippen molar-refractivity contribution in [2.45, 2.75) is 6.92 Å². The Bertz CT molecular complexity index is 936. The van der Waals surface area contributed by atoms with E-state index in [1.54, 1.807) is 18.2 Å². The highest BCUT2D eigenvalue weighted by Gasteiger charge is 2.08. The van der Waals surface area contributed by atoms with E-state index in [9.17, 15) is 4.79 Å². The molecule has 8 heteroatoms. The van der Waals surface area contributed by atoms with Crippen molar-refractivity contribution in [2.24, 2.45) is 5.16 Å². The van der Waals surface area contributed by atoms with Crippen LogP contribution in [-0.2, 0) is 9.63 Å². The summed E-state index contributed by atoms with van der Waals surface area (Å²) >= 11 is 13.4. The zero-order valence-electron chi connectivity index (χ0n) is 13.1. The topological polar surface area (TPSA) is 63.6 Å². The minimum Gasteiger partial charge on any atom is -0.386 e. The first-order chi connectivity index (χ1) is 12.0. The average Bonchev–Trinajstić information content (AvgIpc) is 2.94. The summed E-state index contributed by atoms with van der Waals surface area (Å²) in [6, 6.07) is 11.0. The van der Waals surface area contributed by atoms with Crippen LogP contribution in [0.3, 0.4) is 0 Å². The van der Waals surface area contributed by atoms with E-state index in [0.717, 1.165) is 15.8 Å². The Hall–Kier alpha value is -2.15. The molecule has 1 aromatic heterocycles. The molecule has 0 unspecified atom stereocenters. The molecule has 1 heterocycles. The Morgan fingerprint density at radius 3 is 2.84 bits per heavy atom. The van der Waals surface area contributed by atoms with Crippen molar-refractivity contribution in [3.63, 3.8) is 0 Å². The quantitative estimate of drug-likeness (QED) is 0.495. The van der Waals surface area contributed by atoms with Crippen LogP contribution in [0.2, 0.25) is 10.0 Å². The van der Waals surface area contributed by atoms with Crippen molar-refractivity contribution in [3.05, 3.63) is 57.6 Å². The van der Waals surface area contributed by atoms with Crippen molar-refractivity contribution in [1.29, 1.82) is 0 Å². The molecule has 2 aromatic carbocycles. The summed E-state index contributed by atoms with van der Waals surface area (Å²) in [5, 5.41) is 7.84. The number of carbonyl (C=O) groups is 1. The number of anilines is 1. The molecule has 0 spiro atoms. The zero-order chi connectivity index (χ0) is 17.8. The largest absolute Gasteiger partial charge is 0.386 e. The number of hydrogen-bond acceptors (Lipinski definition) is 5. The molecule has 3 aromatic rings. The van der Waals surface area contributed by atoms with Gasteiger partial charge in [-0.3, -0.25) is 10.1 Å². The van der Waals surface area contributed by atoms with Crippen LogP contribution in [0.1, 0.15) is 11.1 Å². The van der Waals surface area contributed by atoms with Gasteiger partial charge >= 0.3 is 0 Å². The molecule has 1 amide bonds. The number of amides is 1. The number of rotatable bonds is 5. The van der Waals surface area contributed by atoms with Crippen LogP contribution in [0, 0.1) is 6.92 Å². The highest BCUT2D eigenvalue weighted by Crippen LogP contribution is 2.26. The van der Waals surface area contributed by atoms with Crippen molar-refractivity contribution in [2.75, 3.05) is 11.9 Å². The van der Waals surface area contributed by atoms with Gasteiger partial charge in [0.15, 0.2) is 11.7 Å². The molecular formula is C17H13Cl2N3O2S. The summed E-state index contributed by atoms with van der Waals surface area (Å²) in [5.74, 6) is -0.349. The van der Waals surface area contributed by atoms with E-state index in [2.05, 4.69) is 15.5 Å². The lowest BCUT2D eigenvalue weighted by Crippen LogP contribution is -2.16. The number of thiazole rings is 1. The maximum atomic E-state index is 11.9. The minimum atomic E-state index is -0.349. The molecule has 0 aliphatic rings. The standard InChI is InChI=1S/C17H13Cl2N3O2S/c1-10-5-6-14-15(7-10)25-17(21-14)22-16(23)9-24-20-8-11-12(18)3-2-4-13(11)19/h2-8H,9H2,1H3,(H,21,22,23)/b20-8+. The lowest BCUT2D eigenvalue weighted by Gasteiger charge is -2.01. The molecule has 0 saturated heterocycles. The molecule has 0 radical (unpaired) electrons. The van der Waals surface area contributed by atoms with Crippen LogP contribution in [0.15, 0.2) is 41.6 Å². The average molecular weight is 394 g/mol. The predicted octanol–water partition coefficient (Wildman–Crippen LogP) is 4.90. The van der Waals surface area contributed by atoms with Gasteiger partial charge in [0.1, 0.15) is 0 Å². The monoisotopic (exact) mass is 393 g/mol. The fraction of sp³-hybridized carbons (Fsp3) is 0.118. The van der Waals surface area contributed by atoms with Gasteiger partial charge in [-0.1, -0.05) is 51.8 Å². The summed E-state index contributed by atoms with van der Waals surface area (Å²) in [4.78, 5) is 21.2. The molecule has 0 atom stereocenters. The second-order valence-electron chi connectivity index (χ2n) is 5.18. The number of fused-ring (bicyclic) bond motifs is 1. The highest BCUT2D eigenvalue weighted by atomic mass is 35.5. The zero-order valence-corrected chi connectivity index (χ0v) is 15.5. The van der Waals surface area contributed by atoms with Crippen LogP contribution in [-0.4, -0.2) is 23.7 Å². The van der Waals surface area contributed by atoms with Gasteiger partial charge in [-0.25, -0.2) is 4.98 Å². The number of hydrogen-bond donors (Lipinski definition) is 1. The lowest BCUT2D eigenvalue weighted by atomic mass is 10.2. The Kier molecular flexibility index (Phi) is 5.53. The van der Waals surface area contributed by atoms with E-state index in [-0.39, 0.29) is 12.5 Å². The van der Waals surface area contributed by atoms with Gasteiger partial charge in [0.25, 0.3) is 5.91 Å². The molecule has 3 rings (SSSR count). The molecule has 128 valence electrons. The Morgan fingerprint density at radius 2 is 2.08 bits per heavy atom. The molecule has 0 aliphatic carbocycles. The van der Waals surface area contributed by atoms with Crippen LogP contribution < -0.4 is 5.32 Å². The molecule has 0 saturated carbocycles. The maximum absolute atomic E-state index is 11.9. The minimum absolute atomic E-state index is 0.243. The van der Waals surface area contributed by atoms with Crippen molar-refractivity contribution in [3.8, 4) is 0 Å². The third kappa shape index (κ3) is 4.48. The SMILES string of the molecule is Cc1ccc2nc(NC(=O)CO/N=C/c3c(Cl)cccc3Cl)sc2c1. The number of nitrogens with zero attached hydrogens (tertiary/aromatic N) is 2. The molecule has 1 N–H and O–H groups in total. The molecular weight excluding hydrogens is 381 g/mol.